The Morgan fingerprint density at radius 3 is 2.00 bits per heavy atom. The second-order valence-corrected chi connectivity index (χ2v) is 6.46. The lowest BCUT2D eigenvalue weighted by Crippen LogP contribution is -1.89. The summed E-state index contributed by atoms with van der Waals surface area (Å²) in [4.78, 5) is 0. The van der Waals surface area contributed by atoms with Crippen molar-refractivity contribution in [3.63, 3.8) is 0 Å². The molecule has 1 N–H and O–H groups in total. The van der Waals surface area contributed by atoms with Gasteiger partial charge in [-0.3, -0.25) is 0 Å². The summed E-state index contributed by atoms with van der Waals surface area (Å²) >= 11 is 0. The van der Waals surface area contributed by atoms with E-state index in [4.69, 9.17) is 0 Å². The van der Waals surface area contributed by atoms with Crippen molar-refractivity contribution in [2.24, 2.45) is 0 Å². The maximum atomic E-state index is 4.49. The molecule has 1 aromatic heterocycles. The summed E-state index contributed by atoms with van der Waals surface area (Å²) in [5, 5.41) is 14.2. The van der Waals surface area contributed by atoms with E-state index >= 15 is 0 Å². The predicted octanol–water partition coefficient (Wildman–Crippen LogP) is 5.96. The molecule has 0 bridgehead atoms. The maximum Gasteiger partial charge on any atom is 0.121 e. The van der Waals surface area contributed by atoms with Gasteiger partial charge in [0.2, 0.25) is 0 Å². The first-order chi connectivity index (χ1) is 13.4. The third kappa shape index (κ3) is 2.70. The average molecular weight is 347 g/mol. The zero-order valence-corrected chi connectivity index (χ0v) is 14.6. The number of fused-ring (bicyclic) bond motifs is 1. The molecule has 0 saturated heterocycles. The van der Waals surface area contributed by atoms with Crippen molar-refractivity contribution >= 4 is 10.8 Å². The Hall–Kier alpha value is -3.72. The molecule has 0 amide bonds. The van der Waals surface area contributed by atoms with E-state index in [1.165, 1.54) is 16.3 Å². The number of aromatic amines is 1. The fraction of sp³-hybridized carbons (Fsp3) is 0. The van der Waals surface area contributed by atoms with Gasteiger partial charge in [-0.05, 0) is 21.9 Å². The highest BCUT2D eigenvalue weighted by molar-refractivity contribution is 6.01. The first-order valence-electron chi connectivity index (χ1n) is 8.95. The summed E-state index contributed by atoms with van der Waals surface area (Å²) in [5.74, 6) is 0. The highest BCUT2D eigenvalue weighted by Gasteiger charge is 2.17. The van der Waals surface area contributed by atoms with Gasteiger partial charge in [-0.25, -0.2) is 0 Å². The fourth-order valence-electron chi connectivity index (χ4n) is 3.60. The smallest absolute Gasteiger partial charge is 0.121 e. The van der Waals surface area contributed by atoms with Crippen molar-refractivity contribution in [2.75, 3.05) is 0 Å². The van der Waals surface area contributed by atoms with Gasteiger partial charge in [0.25, 0.3) is 0 Å². The Morgan fingerprint density at radius 2 is 1.11 bits per heavy atom. The number of aromatic nitrogens is 3. The minimum Gasteiger partial charge on any atom is -0.197 e. The SMILES string of the molecule is c1ccc(-c2n[nH]nc2-c2ccccc2-c2cccc3ccccc23)cc1. The first-order valence-corrected chi connectivity index (χ1v) is 8.95. The van der Waals surface area contributed by atoms with Crippen LogP contribution in [0.25, 0.3) is 44.4 Å². The number of rotatable bonds is 3. The summed E-state index contributed by atoms with van der Waals surface area (Å²) in [6.45, 7) is 0. The van der Waals surface area contributed by atoms with Crippen molar-refractivity contribution in [3.8, 4) is 33.6 Å². The second kappa shape index (κ2) is 6.54. The minimum absolute atomic E-state index is 0.864. The zero-order valence-electron chi connectivity index (χ0n) is 14.6. The van der Waals surface area contributed by atoms with E-state index in [1.807, 2.05) is 24.3 Å². The van der Waals surface area contributed by atoms with Crippen LogP contribution in [0, 0.1) is 0 Å². The molecule has 0 atom stereocenters. The molecular weight excluding hydrogens is 330 g/mol. The molecule has 128 valence electrons. The van der Waals surface area contributed by atoms with E-state index in [1.54, 1.807) is 0 Å². The van der Waals surface area contributed by atoms with E-state index in [0.29, 0.717) is 0 Å². The number of nitrogens with one attached hydrogen (secondary N) is 1. The number of hydrogen-bond acceptors (Lipinski definition) is 2. The molecule has 0 aliphatic rings. The van der Waals surface area contributed by atoms with E-state index in [9.17, 15) is 0 Å². The third-order valence-corrected chi connectivity index (χ3v) is 4.86. The normalized spacial score (nSPS) is 11.0. The van der Waals surface area contributed by atoms with Crippen LogP contribution >= 0.6 is 0 Å². The molecule has 27 heavy (non-hydrogen) atoms. The van der Waals surface area contributed by atoms with Gasteiger partial charge in [0.15, 0.2) is 0 Å². The van der Waals surface area contributed by atoms with Crippen LogP contribution in [0.1, 0.15) is 0 Å². The van der Waals surface area contributed by atoms with Crippen LogP contribution in [-0.4, -0.2) is 15.4 Å². The Morgan fingerprint density at radius 1 is 0.481 bits per heavy atom. The average Bonchev–Trinajstić information content (AvgIpc) is 3.24. The predicted molar refractivity (Wildman–Crippen MR) is 110 cm³/mol. The fourth-order valence-corrected chi connectivity index (χ4v) is 3.60. The first kappa shape index (κ1) is 15.5. The molecule has 0 fully saturated rings. The topological polar surface area (TPSA) is 41.6 Å². The van der Waals surface area contributed by atoms with Crippen LogP contribution in [0.4, 0.5) is 0 Å². The Bertz CT molecular complexity index is 1220. The minimum atomic E-state index is 0.864. The molecule has 0 aliphatic carbocycles. The van der Waals surface area contributed by atoms with Crippen molar-refractivity contribution in [2.45, 2.75) is 0 Å². The molecule has 4 aromatic carbocycles. The number of nitrogens with zero attached hydrogens (tertiary/aromatic N) is 2. The molecule has 0 aliphatic heterocycles. The lowest BCUT2D eigenvalue weighted by molar-refractivity contribution is 0.944. The summed E-state index contributed by atoms with van der Waals surface area (Å²) in [6.07, 6.45) is 0. The molecule has 0 unspecified atom stereocenters. The van der Waals surface area contributed by atoms with Crippen LogP contribution in [0.15, 0.2) is 97.1 Å². The lowest BCUT2D eigenvalue weighted by Gasteiger charge is -2.12. The van der Waals surface area contributed by atoms with Crippen LogP contribution in [-0.2, 0) is 0 Å². The molecule has 0 spiro atoms. The van der Waals surface area contributed by atoms with Crippen LogP contribution in [0.2, 0.25) is 0 Å². The van der Waals surface area contributed by atoms with Crippen molar-refractivity contribution in [1.82, 2.24) is 15.4 Å². The molecule has 5 rings (SSSR count). The van der Waals surface area contributed by atoms with Gasteiger partial charge in [0.1, 0.15) is 11.4 Å². The molecule has 3 nitrogen and oxygen atoms in total. The standard InChI is InChI=1S/C24H17N3/c1-2-10-18(11-3-1)23-24(26-27-25-23)22-15-7-6-14-21(22)20-16-8-12-17-9-4-5-13-19(17)20/h1-16H,(H,25,26,27). The van der Waals surface area contributed by atoms with Gasteiger partial charge in [-0.15, -0.1) is 0 Å². The lowest BCUT2D eigenvalue weighted by atomic mass is 9.92. The van der Waals surface area contributed by atoms with Gasteiger partial charge in [-0.2, -0.15) is 15.4 Å². The Labute approximate surface area is 157 Å². The summed E-state index contributed by atoms with van der Waals surface area (Å²) in [7, 11) is 0. The Kier molecular flexibility index (Phi) is 3.76. The van der Waals surface area contributed by atoms with E-state index < -0.39 is 0 Å². The van der Waals surface area contributed by atoms with Gasteiger partial charge in [0.05, 0.1) is 0 Å². The van der Waals surface area contributed by atoms with Gasteiger partial charge < -0.3 is 0 Å². The maximum absolute atomic E-state index is 4.49. The van der Waals surface area contributed by atoms with Gasteiger partial charge >= 0.3 is 0 Å². The molecule has 5 aromatic rings. The quantitative estimate of drug-likeness (QED) is 0.437. The van der Waals surface area contributed by atoms with Crippen LogP contribution < -0.4 is 0 Å². The monoisotopic (exact) mass is 347 g/mol. The van der Waals surface area contributed by atoms with E-state index in [0.717, 1.165) is 28.1 Å². The van der Waals surface area contributed by atoms with Gasteiger partial charge in [-0.1, -0.05) is 97.1 Å². The molecule has 1 heterocycles. The summed E-state index contributed by atoms with van der Waals surface area (Å²) in [6, 6.07) is 33.4. The molecule has 0 saturated carbocycles. The van der Waals surface area contributed by atoms with Crippen LogP contribution in [0.3, 0.4) is 0 Å². The Balaban J connectivity index is 1.75. The van der Waals surface area contributed by atoms with E-state index in [-0.39, 0.29) is 0 Å². The van der Waals surface area contributed by atoms with Crippen molar-refractivity contribution in [1.29, 1.82) is 0 Å². The zero-order chi connectivity index (χ0) is 18.1. The van der Waals surface area contributed by atoms with Crippen molar-refractivity contribution < 1.29 is 0 Å². The number of benzene rings is 4. The molecular formula is C24H17N3. The second-order valence-electron chi connectivity index (χ2n) is 6.46. The highest BCUT2D eigenvalue weighted by atomic mass is 15.3. The third-order valence-electron chi connectivity index (χ3n) is 4.86. The van der Waals surface area contributed by atoms with E-state index in [2.05, 4.69) is 88.2 Å². The summed E-state index contributed by atoms with van der Waals surface area (Å²) in [5.41, 5.74) is 6.20. The molecule has 0 radical (unpaired) electrons. The summed E-state index contributed by atoms with van der Waals surface area (Å²) < 4.78 is 0. The highest BCUT2D eigenvalue weighted by Crippen LogP contribution is 2.38. The number of hydrogen-bond donors (Lipinski definition) is 1. The largest absolute Gasteiger partial charge is 0.197 e. The van der Waals surface area contributed by atoms with Crippen molar-refractivity contribution in [3.05, 3.63) is 97.1 Å². The van der Waals surface area contributed by atoms with Gasteiger partial charge in [0, 0.05) is 11.1 Å². The molecule has 3 heteroatoms. The number of H-pyrrole nitrogens is 1. The van der Waals surface area contributed by atoms with Crippen LogP contribution in [0.5, 0.6) is 0 Å².